The van der Waals surface area contributed by atoms with Gasteiger partial charge in [-0.25, -0.2) is 4.79 Å². The van der Waals surface area contributed by atoms with Gasteiger partial charge >= 0.3 is 12.1 Å². The number of hydrogen-bond donors (Lipinski definition) is 0. The zero-order valence-electron chi connectivity index (χ0n) is 17.6. The molecule has 0 saturated carbocycles. The SMILES string of the molecule is COc1ccc(C2=NO[C@@H](COC(=O)[C@](OC)(c3ccccc3)C(F)(F)F)C2)cc1OC. The van der Waals surface area contributed by atoms with Crippen LogP contribution in [-0.2, 0) is 24.7 Å². The van der Waals surface area contributed by atoms with E-state index in [0.717, 1.165) is 19.2 Å². The Bertz CT molecular complexity index is 979. The van der Waals surface area contributed by atoms with Crippen molar-refractivity contribution in [3.63, 3.8) is 0 Å². The summed E-state index contributed by atoms with van der Waals surface area (Å²) in [5.74, 6) is -0.562. The van der Waals surface area contributed by atoms with Crippen LogP contribution in [-0.4, -0.2) is 51.9 Å². The molecule has 3 rings (SSSR count). The molecular weight excluding hydrogens is 431 g/mol. The molecule has 0 spiro atoms. The van der Waals surface area contributed by atoms with Gasteiger partial charge in [-0.2, -0.15) is 13.2 Å². The highest BCUT2D eigenvalue weighted by atomic mass is 19.4. The average Bonchev–Trinajstić information content (AvgIpc) is 3.27. The Morgan fingerprint density at radius 2 is 1.75 bits per heavy atom. The Hall–Kier alpha value is -3.27. The van der Waals surface area contributed by atoms with Crippen molar-refractivity contribution in [1.29, 1.82) is 0 Å². The molecule has 1 aliphatic rings. The van der Waals surface area contributed by atoms with E-state index in [-0.39, 0.29) is 12.0 Å². The Kier molecular flexibility index (Phi) is 6.93. The maximum atomic E-state index is 13.9. The minimum absolute atomic E-state index is 0.222. The molecule has 1 aliphatic heterocycles. The van der Waals surface area contributed by atoms with Gasteiger partial charge in [0.25, 0.3) is 5.60 Å². The van der Waals surface area contributed by atoms with E-state index >= 15 is 0 Å². The third-order valence-corrected chi connectivity index (χ3v) is 5.02. The van der Waals surface area contributed by atoms with Crippen molar-refractivity contribution < 1.29 is 41.8 Å². The van der Waals surface area contributed by atoms with Gasteiger partial charge in [-0.15, -0.1) is 0 Å². The number of rotatable bonds is 8. The van der Waals surface area contributed by atoms with Crippen molar-refractivity contribution in [2.45, 2.75) is 24.3 Å². The Labute approximate surface area is 182 Å². The third kappa shape index (κ3) is 4.36. The first kappa shape index (κ1) is 23.4. The van der Waals surface area contributed by atoms with E-state index in [9.17, 15) is 18.0 Å². The van der Waals surface area contributed by atoms with E-state index in [1.54, 1.807) is 18.2 Å². The van der Waals surface area contributed by atoms with Crippen molar-refractivity contribution in [3.05, 3.63) is 59.7 Å². The van der Waals surface area contributed by atoms with Crippen LogP contribution in [0, 0.1) is 0 Å². The third-order valence-electron chi connectivity index (χ3n) is 5.02. The molecule has 32 heavy (non-hydrogen) atoms. The predicted octanol–water partition coefficient (Wildman–Crippen LogP) is 3.84. The number of halogens is 3. The summed E-state index contributed by atoms with van der Waals surface area (Å²) >= 11 is 0. The number of ether oxygens (including phenoxy) is 4. The molecule has 7 nitrogen and oxygen atoms in total. The fraction of sp³-hybridized carbons (Fsp3) is 0.364. The molecule has 0 radical (unpaired) electrons. The fourth-order valence-electron chi connectivity index (χ4n) is 3.36. The van der Waals surface area contributed by atoms with Gasteiger partial charge in [0.15, 0.2) is 17.6 Å². The van der Waals surface area contributed by atoms with Gasteiger partial charge in [0, 0.05) is 24.7 Å². The van der Waals surface area contributed by atoms with Crippen LogP contribution in [0.15, 0.2) is 53.7 Å². The molecule has 2 aromatic rings. The lowest BCUT2D eigenvalue weighted by atomic mass is 9.92. The van der Waals surface area contributed by atoms with Crippen LogP contribution in [0.25, 0.3) is 0 Å². The van der Waals surface area contributed by atoms with Gasteiger partial charge in [0.05, 0.1) is 19.9 Å². The van der Waals surface area contributed by atoms with Gasteiger partial charge in [-0.1, -0.05) is 35.5 Å². The second-order valence-electron chi connectivity index (χ2n) is 6.89. The maximum absolute atomic E-state index is 13.9. The second kappa shape index (κ2) is 9.47. The standard InChI is InChI=1S/C22H22F3NO6/c1-28-18-10-9-14(11-19(18)29-2)17-12-16(32-26-17)13-31-20(27)21(30-3,22(23,24)25)15-7-5-4-6-8-15/h4-11,16H,12-13H2,1-3H3/t16-,21-/m1/s1. The van der Waals surface area contributed by atoms with Crippen LogP contribution in [0.4, 0.5) is 13.2 Å². The van der Waals surface area contributed by atoms with Crippen molar-refractivity contribution in [2.24, 2.45) is 5.16 Å². The fourth-order valence-corrected chi connectivity index (χ4v) is 3.36. The molecule has 2 atom stereocenters. The smallest absolute Gasteiger partial charge is 0.432 e. The van der Waals surface area contributed by atoms with Gasteiger partial charge in [0.2, 0.25) is 0 Å². The summed E-state index contributed by atoms with van der Waals surface area (Å²) in [5.41, 5.74) is -2.42. The van der Waals surface area contributed by atoms with Gasteiger partial charge < -0.3 is 23.8 Å². The van der Waals surface area contributed by atoms with Gasteiger partial charge in [-0.05, 0) is 18.2 Å². The largest absolute Gasteiger partial charge is 0.493 e. The number of esters is 1. The van der Waals surface area contributed by atoms with Crippen molar-refractivity contribution in [2.75, 3.05) is 27.9 Å². The Balaban J connectivity index is 1.70. The number of carbonyl (C=O) groups excluding carboxylic acids is 1. The van der Waals surface area contributed by atoms with Crippen LogP contribution in [0.2, 0.25) is 0 Å². The van der Waals surface area contributed by atoms with Crippen molar-refractivity contribution in [1.82, 2.24) is 0 Å². The highest BCUT2D eigenvalue weighted by Gasteiger charge is 2.64. The van der Waals surface area contributed by atoms with Crippen LogP contribution < -0.4 is 9.47 Å². The van der Waals surface area contributed by atoms with E-state index in [1.165, 1.54) is 32.4 Å². The minimum atomic E-state index is -5.04. The molecule has 0 saturated heterocycles. The monoisotopic (exact) mass is 453 g/mol. The summed E-state index contributed by atoms with van der Waals surface area (Å²) in [4.78, 5) is 17.9. The minimum Gasteiger partial charge on any atom is -0.493 e. The summed E-state index contributed by atoms with van der Waals surface area (Å²) in [6.45, 7) is -0.437. The first-order chi connectivity index (χ1) is 15.3. The number of benzene rings is 2. The highest BCUT2D eigenvalue weighted by molar-refractivity contribution is 6.01. The predicted molar refractivity (Wildman–Crippen MR) is 108 cm³/mol. The van der Waals surface area contributed by atoms with Crippen LogP contribution in [0.3, 0.4) is 0 Å². The van der Waals surface area contributed by atoms with Crippen LogP contribution in [0.5, 0.6) is 11.5 Å². The van der Waals surface area contributed by atoms with Crippen molar-refractivity contribution >= 4 is 11.7 Å². The number of carbonyl (C=O) groups is 1. The lowest BCUT2D eigenvalue weighted by Crippen LogP contribution is -2.52. The van der Waals surface area contributed by atoms with Crippen LogP contribution >= 0.6 is 0 Å². The van der Waals surface area contributed by atoms with E-state index in [2.05, 4.69) is 5.16 Å². The Morgan fingerprint density at radius 1 is 1.06 bits per heavy atom. The number of hydrogen-bond acceptors (Lipinski definition) is 7. The molecule has 0 fully saturated rings. The number of alkyl halides is 3. The maximum Gasteiger partial charge on any atom is 0.432 e. The summed E-state index contributed by atoms with van der Waals surface area (Å²) in [6, 6.07) is 11.7. The van der Waals surface area contributed by atoms with Gasteiger partial charge in [0.1, 0.15) is 6.61 Å². The normalized spacial score (nSPS) is 17.7. The molecule has 172 valence electrons. The molecule has 1 heterocycles. The summed E-state index contributed by atoms with van der Waals surface area (Å²) in [5, 5.41) is 3.96. The summed E-state index contributed by atoms with van der Waals surface area (Å²) in [7, 11) is 3.81. The molecule has 0 N–H and O–H groups in total. The average molecular weight is 453 g/mol. The van der Waals surface area contributed by atoms with Gasteiger partial charge in [-0.3, -0.25) is 0 Å². The first-order valence-corrected chi connectivity index (χ1v) is 9.56. The molecule has 2 aromatic carbocycles. The number of nitrogens with zero attached hydrogens (tertiary/aromatic N) is 1. The van der Waals surface area contributed by atoms with E-state index in [0.29, 0.717) is 22.8 Å². The summed E-state index contributed by atoms with van der Waals surface area (Å²) in [6.07, 6.45) is -5.57. The van der Waals surface area contributed by atoms with E-state index < -0.39 is 30.5 Å². The highest BCUT2D eigenvalue weighted by Crippen LogP contribution is 2.43. The number of oxime groups is 1. The lowest BCUT2D eigenvalue weighted by Gasteiger charge is -2.32. The molecular formula is C22H22F3NO6. The van der Waals surface area contributed by atoms with E-state index in [1.807, 2.05) is 0 Å². The van der Waals surface area contributed by atoms with Crippen molar-refractivity contribution in [3.8, 4) is 11.5 Å². The topological polar surface area (TPSA) is 75.6 Å². The molecule has 0 aliphatic carbocycles. The first-order valence-electron chi connectivity index (χ1n) is 9.56. The quantitative estimate of drug-likeness (QED) is 0.566. The zero-order chi connectivity index (χ0) is 23.4. The molecule has 0 amide bonds. The number of methoxy groups -OCH3 is 3. The molecule has 0 bridgehead atoms. The molecule has 0 aromatic heterocycles. The Morgan fingerprint density at radius 3 is 2.34 bits per heavy atom. The second-order valence-corrected chi connectivity index (χ2v) is 6.89. The summed E-state index contributed by atoms with van der Waals surface area (Å²) < 4.78 is 61.9. The lowest BCUT2D eigenvalue weighted by molar-refractivity contribution is -0.277. The van der Waals surface area contributed by atoms with E-state index in [4.69, 9.17) is 23.8 Å². The van der Waals surface area contributed by atoms with Crippen LogP contribution in [0.1, 0.15) is 17.5 Å². The zero-order valence-corrected chi connectivity index (χ0v) is 17.6. The molecule has 10 heteroatoms. The molecule has 0 unspecified atom stereocenters.